The van der Waals surface area contributed by atoms with Crippen molar-refractivity contribution < 1.29 is 40.1 Å². The molecule has 0 bridgehead atoms. The van der Waals surface area contributed by atoms with Gasteiger partial charge in [0.25, 0.3) is 0 Å². The highest BCUT2D eigenvalue weighted by atomic mass is 16.7. The van der Waals surface area contributed by atoms with Gasteiger partial charge in [0.05, 0.1) is 18.8 Å². The quantitative estimate of drug-likeness (QED) is 0.232. The van der Waals surface area contributed by atoms with Crippen LogP contribution < -0.4 is 17.2 Å². The third-order valence-corrected chi connectivity index (χ3v) is 4.64. The highest BCUT2D eigenvalue weighted by Gasteiger charge is 2.49. The second kappa shape index (κ2) is 7.85. The van der Waals surface area contributed by atoms with Crippen LogP contribution in [0.3, 0.4) is 0 Å². The monoisotopic (exact) mass is 353 g/mol. The molecule has 1 saturated carbocycles. The summed E-state index contributed by atoms with van der Waals surface area (Å²) in [7, 11) is 0. The van der Waals surface area contributed by atoms with Gasteiger partial charge >= 0.3 is 0 Å². The zero-order chi connectivity index (χ0) is 18.2. The lowest BCUT2D eigenvalue weighted by Gasteiger charge is -2.46. The van der Waals surface area contributed by atoms with Gasteiger partial charge < -0.3 is 57.3 Å². The minimum Gasteiger partial charge on any atom is -0.394 e. The van der Waals surface area contributed by atoms with Crippen molar-refractivity contribution in [1.29, 1.82) is 0 Å². The summed E-state index contributed by atoms with van der Waals surface area (Å²) >= 11 is 0. The lowest BCUT2D eigenvalue weighted by atomic mass is 9.84. The number of hydrogen-bond acceptors (Lipinski definition) is 11. The summed E-state index contributed by atoms with van der Waals surface area (Å²) in [5.74, 6) is 0. The number of rotatable bonds is 4. The molecule has 1 aliphatic carbocycles. The Morgan fingerprint density at radius 3 is 2.17 bits per heavy atom. The van der Waals surface area contributed by atoms with Crippen molar-refractivity contribution in [2.45, 2.75) is 73.6 Å². The van der Waals surface area contributed by atoms with E-state index in [0.29, 0.717) is 0 Å². The maximum absolute atomic E-state index is 10.1. The smallest absolute Gasteiger partial charge is 0.176 e. The molecule has 0 aromatic carbocycles. The molecule has 0 spiro atoms. The number of hydrogen-bond donors (Lipinski definition) is 9. The maximum atomic E-state index is 10.1. The molecule has 1 aliphatic heterocycles. The fraction of sp³-hybridized carbons (Fsp3) is 1.00. The molecule has 0 radical (unpaired) electrons. The summed E-state index contributed by atoms with van der Waals surface area (Å²) in [6, 6.07) is -2.64. The molecule has 12 N–H and O–H groups in total. The molecule has 1 heterocycles. The first-order chi connectivity index (χ1) is 11.2. The van der Waals surface area contributed by atoms with E-state index in [1.165, 1.54) is 0 Å². The van der Waals surface area contributed by atoms with Crippen LogP contribution in [0.1, 0.15) is 6.42 Å². The van der Waals surface area contributed by atoms with Crippen LogP contribution in [-0.2, 0) is 9.47 Å². The molecular formula is C13H27N3O8. The van der Waals surface area contributed by atoms with E-state index in [1.54, 1.807) is 0 Å². The topological polar surface area (TPSA) is 218 Å². The van der Waals surface area contributed by atoms with Crippen molar-refractivity contribution in [2.24, 2.45) is 17.2 Å². The summed E-state index contributed by atoms with van der Waals surface area (Å²) in [5.41, 5.74) is 17.3. The highest BCUT2D eigenvalue weighted by Crippen LogP contribution is 2.28. The highest BCUT2D eigenvalue weighted by molar-refractivity contribution is 5.00. The normalized spacial score (nSPS) is 51.4. The van der Waals surface area contributed by atoms with Crippen LogP contribution in [0.15, 0.2) is 0 Å². The molecule has 11 atom stereocenters. The molecule has 1 saturated heterocycles. The average molecular weight is 353 g/mol. The van der Waals surface area contributed by atoms with E-state index < -0.39 is 73.8 Å². The van der Waals surface area contributed by atoms with E-state index in [1.807, 2.05) is 0 Å². The Labute approximate surface area is 138 Å². The van der Waals surface area contributed by atoms with Crippen LogP contribution in [0, 0.1) is 0 Å². The SMILES string of the molecule is N[C@H]1[C@@H](O[C@@H]2[C@@H](O)[C@H](O)[C@@H](N)C[C@H]2N)O[C@H]([C@@H](O)CO)[C@@H](O)[C@@H]1O. The zero-order valence-corrected chi connectivity index (χ0v) is 13.0. The number of nitrogens with two attached hydrogens (primary N) is 3. The summed E-state index contributed by atoms with van der Waals surface area (Å²) in [5, 5.41) is 58.6. The van der Waals surface area contributed by atoms with Crippen LogP contribution in [0.5, 0.6) is 0 Å². The predicted molar refractivity (Wildman–Crippen MR) is 79.2 cm³/mol. The number of ether oxygens (including phenoxy) is 2. The van der Waals surface area contributed by atoms with E-state index in [4.69, 9.17) is 31.8 Å². The Bertz CT molecular complexity index is 419. The molecule has 24 heavy (non-hydrogen) atoms. The van der Waals surface area contributed by atoms with Crippen molar-refractivity contribution in [3.05, 3.63) is 0 Å². The largest absolute Gasteiger partial charge is 0.394 e. The van der Waals surface area contributed by atoms with E-state index in [2.05, 4.69) is 0 Å². The molecule has 2 aliphatic rings. The summed E-state index contributed by atoms with van der Waals surface area (Å²) in [6.07, 6.45) is -10.7. The maximum Gasteiger partial charge on any atom is 0.176 e. The fourth-order valence-electron chi connectivity index (χ4n) is 3.08. The van der Waals surface area contributed by atoms with Crippen LogP contribution in [0.4, 0.5) is 0 Å². The van der Waals surface area contributed by atoms with Gasteiger partial charge in [-0.25, -0.2) is 0 Å². The predicted octanol–water partition coefficient (Wildman–Crippen LogP) is -5.72. The van der Waals surface area contributed by atoms with Crippen LogP contribution >= 0.6 is 0 Å². The third kappa shape index (κ3) is 3.71. The molecule has 11 nitrogen and oxygen atoms in total. The van der Waals surface area contributed by atoms with Crippen LogP contribution in [0.25, 0.3) is 0 Å². The Morgan fingerprint density at radius 1 is 0.958 bits per heavy atom. The standard InChI is InChI=1S/C13H27N3O8/c14-3-1-4(15)11(9(21)7(3)19)23-13-6(16)8(20)10(22)12(24-13)5(18)2-17/h3-13,17-22H,1-2,14-16H2/t3-,4+,5-,6+,7+,8+,9-,10-,11-,12+,13-/m0/s1. The van der Waals surface area contributed by atoms with Crippen molar-refractivity contribution in [2.75, 3.05) is 6.61 Å². The van der Waals surface area contributed by atoms with Crippen LogP contribution in [0.2, 0.25) is 0 Å². The minimum absolute atomic E-state index is 0.179. The van der Waals surface area contributed by atoms with Gasteiger partial charge in [-0.05, 0) is 6.42 Å². The van der Waals surface area contributed by atoms with Crippen LogP contribution in [-0.4, -0.2) is 104 Å². The molecule has 11 heteroatoms. The van der Waals surface area contributed by atoms with Gasteiger partial charge in [-0.1, -0.05) is 0 Å². The lowest BCUT2D eigenvalue weighted by molar-refractivity contribution is -0.303. The van der Waals surface area contributed by atoms with Gasteiger partial charge in [0, 0.05) is 12.1 Å². The Kier molecular flexibility index (Phi) is 6.50. The molecule has 0 amide bonds. The van der Waals surface area contributed by atoms with Gasteiger partial charge in [-0.15, -0.1) is 0 Å². The zero-order valence-electron chi connectivity index (χ0n) is 13.0. The van der Waals surface area contributed by atoms with E-state index >= 15 is 0 Å². The molecule has 0 aromatic rings. The van der Waals surface area contributed by atoms with Gasteiger partial charge in [-0.3, -0.25) is 0 Å². The number of aliphatic hydroxyl groups excluding tert-OH is 6. The Balaban J connectivity index is 2.12. The molecule has 2 fully saturated rings. The second-order valence-electron chi connectivity index (χ2n) is 6.42. The first kappa shape index (κ1) is 19.9. The Morgan fingerprint density at radius 2 is 1.58 bits per heavy atom. The van der Waals surface area contributed by atoms with E-state index in [0.717, 1.165) is 0 Å². The van der Waals surface area contributed by atoms with Crippen molar-refractivity contribution in [3.63, 3.8) is 0 Å². The second-order valence-corrected chi connectivity index (χ2v) is 6.42. The van der Waals surface area contributed by atoms with E-state index in [9.17, 15) is 25.5 Å². The average Bonchev–Trinajstić information content (AvgIpc) is 2.55. The van der Waals surface area contributed by atoms with E-state index in [-0.39, 0.29) is 6.42 Å². The molecule has 0 aromatic heterocycles. The lowest BCUT2D eigenvalue weighted by Crippen LogP contribution is -2.68. The van der Waals surface area contributed by atoms with Gasteiger partial charge in [-0.2, -0.15) is 0 Å². The first-order valence-corrected chi connectivity index (χ1v) is 7.77. The number of aliphatic hydroxyl groups is 6. The first-order valence-electron chi connectivity index (χ1n) is 7.77. The molecule has 2 rings (SSSR count). The van der Waals surface area contributed by atoms with Gasteiger partial charge in [0.2, 0.25) is 0 Å². The van der Waals surface area contributed by atoms with Crippen molar-refractivity contribution >= 4 is 0 Å². The summed E-state index contributed by atoms with van der Waals surface area (Å²) in [6.45, 7) is -0.713. The fourth-order valence-corrected chi connectivity index (χ4v) is 3.08. The van der Waals surface area contributed by atoms with Gasteiger partial charge in [0.1, 0.15) is 36.6 Å². The molecule has 142 valence electrons. The Hall–Kier alpha value is -0.440. The third-order valence-electron chi connectivity index (χ3n) is 4.64. The van der Waals surface area contributed by atoms with Gasteiger partial charge in [0.15, 0.2) is 6.29 Å². The summed E-state index contributed by atoms with van der Waals surface area (Å²) in [4.78, 5) is 0. The minimum atomic E-state index is -1.54. The molecule has 0 unspecified atom stereocenters. The van der Waals surface area contributed by atoms with Crippen molar-refractivity contribution in [1.82, 2.24) is 0 Å². The molecular weight excluding hydrogens is 326 g/mol. The summed E-state index contributed by atoms with van der Waals surface area (Å²) < 4.78 is 10.9. The van der Waals surface area contributed by atoms with Crippen molar-refractivity contribution in [3.8, 4) is 0 Å².